The topological polar surface area (TPSA) is 89.0 Å². The predicted molar refractivity (Wildman–Crippen MR) is 141 cm³/mol. The number of aryl methyl sites for hydroxylation is 2. The molecule has 0 unspecified atom stereocenters. The average molecular weight is 538 g/mol. The van der Waals surface area contributed by atoms with Gasteiger partial charge in [0.05, 0.1) is 12.8 Å². The maximum absolute atomic E-state index is 12.2. The number of rotatable bonds is 10. The number of carbonyl (C=O) groups excluding carboxylic acids is 2. The summed E-state index contributed by atoms with van der Waals surface area (Å²) in [7, 11) is 0. The first-order valence-corrected chi connectivity index (χ1v) is 12.0. The smallest absolute Gasteiger partial charge is 0.249 e. The van der Waals surface area contributed by atoms with Crippen molar-refractivity contribution in [3.63, 3.8) is 0 Å². The summed E-state index contributed by atoms with van der Waals surface area (Å²) in [4.78, 5) is 24.3. The molecule has 0 aliphatic heterocycles. The lowest BCUT2D eigenvalue weighted by Crippen LogP contribution is -2.24. The van der Waals surface area contributed by atoms with Crippen molar-refractivity contribution in [3.8, 4) is 11.5 Å². The van der Waals surface area contributed by atoms with Gasteiger partial charge < -0.3 is 14.8 Å². The fourth-order valence-corrected chi connectivity index (χ4v) is 3.51. The molecule has 182 valence electrons. The van der Waals surface area contributed by atoms with Crippen LogP contribution in [0.25, 0.3) is 0 Å². The van der Waals surface area contributed by atoms with Gasteiger partial charge in [0, 0.05) is 10.2 Å². The highest BCUT2D eigenvalue weighted by Crippen LogP contribution is 2.29. The van der Waals surface area contributed by atoms with Crippen LogP contribution in [-0.4, -0.2) is 24.6 Å². The Morgan fingerprint density at radius 2 is 1.71 bits per heavy atom. The third-order valence-electron chi connectivity index (χ3n) is 4.96. The highest BCUT2D eigenvalue weighted by Gasteiger charge is 2.11. The number of hydrogen-bond acceptors (Lipinski definition) is 5. The molecule has 0 fully saturated rings. The van der Waals surface area contributed by atoms with E-state index in [1.807, 2.05) is 69.3 Å². The van der Waals surface area contributed by atoms with E-state index in [-0.39, 0.29) is 6.42 Å². The molecule has 0 radical (unpaired) electrons. The van der Waals surface area contributed by atoms with Crippen molar-refractivity contribution in [1.29, 1.82) is 0 Å². The van der Waals surface area contributed by atoms with Gasteiger partial charge in [-0.05, 0) is 73.9 Å². The van der Waals surface area contributed by atoms with Crippen molar-refractivity contribution in [1.82, 2.24) is 5.43 Å². The molecule has 0 aromatic heterocycles. The molecule has 3 rings (SSSR count). The van der Waals surface area contributed by atoms with Crippen LogP contribution in [0.5, 0.6) is 11.5 Å². The lowest BCUT2D eigenvalue weighted by Gasteiger charge is -2.12. The van der Waals surface area contributed by atoms with E-state index in [9.17, 15) is 9.59 Å². The zero-order valence-electron chi connectivity index (χ0n) is 19.9. The van der Waals surface area contributed by atoms with Gasteiger partial charge in [0.2, 0.25) is 11.8 Å². The van der Waals surface area contributed by atoms with E-state index in [4.69, 9.17) is 9.47 Å². The molecule has 0 atom stereocenters. The lowest BCUT2D eigenvalue weighted by molar-refractivity contribution is -0.126. The highest BCUT2D eigenvalue weighted by molar-refractivity contribution is 9.10. The second-order valence-electron chi connectivity index (χ2n) is 7.89. The summed E-state index contributed by atoms with van der Waals surface area (Å²) < 4.78 is 12.6. The van der Waals surface area contributed by atoms with E-state index >= 15 is 0 Å². The highest BCUT2D eigenvalue weighted by atomic mass is 79.9. The van der Waals surface area contributed by atoms with Gasteiger partial charge in [-0.3, -0.25) is 9.59 Å². The van der Waals surface area contributed by atoms with Crippen molar-refractivity contribution < 1.29 is 19.1 Å². The summed E-state index contributed by atoms with van der Waals surface area (Å²) >= 11 is 3.42. The maximum atomic E-state index is 12.2. The Kier molecular flexibility index (Phi) is 9.43. The van der Waals surface area contributed by atoms with E-state index in [2.05, 4.69) is 31.8 Å². The fraction of sp³-hybridized carbons (Fsp3) is 0.222. The number of ether oxygens (including phenoxy) is 2. The first kappa shape index (κ1) is 26.0. The summed E-state index contributed by atoms with van der Waals surface area (Å²) in [5, 5.41) is 6.70. The van der Waals surface area contributed by atoms with Crippen LogP contribution >= 0.6 is 15.9 Å². The van der Waals surface area contributed by atoms with Crippen molar-refractivity contribution in [3.05, 3.63) is 87.4 Å². The number of benzene rings is 3. The van der Waals surface area contributed by atoms with Gasteiger partial charge >= 0.3 is 0 Å². The third-order valence-corrected chi connectivity index (χ3v) is 5.48. The average Bonchev–Trinajstić information content (AvgIpc) is 2.81. The molecular formula is C27H28BrN3O4. The van der Waals surface area contributed by atoms with Crippen LogP contribution in [0.1, 0.15) is 35.6 Å². The molecule has 3 aromatic carbocycles. The Hall–Kier alpha value is -3.65. The summed E-state index contributed by atoms with van der Waals surface area (Å²) in [6.07, 6.45) is 1.15. The standard InChI is InChI=1S/C27H28BrN3O4/c1-4-34-25-14-21(8-12-24(25)35-17-20-6-9-22(28)10-7-20)16-29-31-27(33)15-26(32)30-23-11-5-18(2)13-19(23)3/h5-14,16H,4,15,17H2,1-3H3,(H,30,32)(H,31,33). The Morgan fingerprint density at radius 1 is 0.943 bits per heavy atom. The molecule has 0 saturated carbocycles. The van der Waals surface area contributed by atoms with Crippen LogP contribution in [0.2, 0.25) is 0 Å². The number of nitrogens with one attached hydrogen (secondary N) is 2. The molecule has 35 heavy (non-hydrogen) atoms. The number of amides is 2. The van der Waals surface area contributed by atoms with Crippen LogP contribution in [0.3, 0.4) is 0 Å². The molecule has 2 amide bonds. The summed E-state index contributed by atoms with van der Waals surface area (Å²) in [6, 6.07) is 19.0. The van der Waals surface area contributed by atoms with E-state index in [0.29, 0.717) is 36.0 Å². The van der Waals surface area contributed by atoms with Crippen LogP contribution in [-0.2, 0) is 16.2 Å². The van der Waals surface area contributed by atoms with Crippen molar-refractivity contribution in [2.75, 3.05) is 11.9 Å². The third kappa shape index (κ3) is 8.26. The molecule has 0 aliphatic rings. The summed E-state index contributed by atoms with van der Waals surface area (Å²) in [6.45, 7) is 6.65. The summed E-state index contributed by atoms with van der Waals surface area (Å²) in [5.74, 6) is 0.269. The molecule has 0 saturated heterocycles. The minimum Gasteiger partial charge on any atom is -0.490 e. The fourth-order valence-electron chi connectivity index (χ4n) is 3.25. The Balaban J connectivity index is 1.54. The number of nitrogens with zero attached hydrogens (tertiary/aromatic N) is 1. The Bertz CT molecular complexity index is 1210. The molecule has 0 spiro atoms. The van der Waals surface area contributed by atoms with E-state index in [1.165, 1.54) is 6.21 Å². The number of hydrazone groups is 1. The van der Waals surface area contributed by atoms with E-state index < -0.39 is 11.8 Å². The quantitative estimate of drug-likeness (QED) is 0.202. The molecule has 7 nitrogen and oxygen atoms in total. The largest absolute Gasteiger partial charge is 0.490 e. The first-order valence-electron chi connectivity index (χ1n) is 11.2. The molecule has 3 aromatic rings. The monoisotopic (exact) mass is 537 g/mol. The SMILES string of the molecule is CCOc1cc(C=NNC(=O)CC(=O)Nc2ccc(C)cc2C)ccc1OCc1ccc(Br)cc1. The van der Waals surface area contributed by atoms with Crippen molar-refractivity contribution >= 4 is 39.6 Å². The van der Waals surface area contributed by atoms with Gasteiger partial charge in [0.15, 0.2) is 11.5 Å². The molecule has 2 N–H and O–H groups in total. The second-order valence-corrected chi connectivity index (χ2v) is 8.81. The van der Waals surface area contributed by atoms with Gasteiger partial charge in [-0.15, -0.1) is 0 Å². The van der Waals surface area contributed by atoms with Gasteiger partial charge in [-0.1, -0.05) is 45.8 Å². The second kappa shape index (κ2) is 12.7. The molecule has 0 heterocycles. The number of anilines is 1. The van der Waals surface area contributed by atoms with Crippen LogP contribution in [0, 0.1) is 13.8 Å². The van der Waals surface area contributed by atoms with Gasteiger partial charge in [-0.25, -0.2) is 5.43 Å². The van der Waals surface area contributed by atoms with Gasteiger partial charge in [0.1, 0.15) is 13.0 Å². The van der Waals surface area contributed by atoms with Gasteiger partial charge in [-0.2, -0.15) is 5.10 Å². The summed E-state index contributed by atoms with van der Waals surface area (Å²) in [5.41, 5.74) is 6.85. The maximum Gasteiger partial charge on any atom is 0.249 e. The zero-order valence-corrected chi connectivity index (χ0v) is 21.5. The van der Waals surface area contributed by atoms with Crippen LogP contribution in [0.15, 0.2) is 70.2 Å². The van der Waals surface area contributed by atoms with Crippen molar-refractivity contribution in [2.24, 2.45) is 5.10 Å². The minimum absolute atomic E-state index is 0.336. The normalized spacial score (nSPS) is 10.7. The first-order chi connectivity index (χ1) is 16.8. The molecule has 8 heteroatoms. The molecular weight excluding hydrogens is 510 g/mol. The zero-order chi connectivity index (χ0) is 25.2. The van der Waals surface area contributed by atoms with E-state index in [1.54, 1.807) is 12.1 Å². The number of carbonyl (C=O) groups is 2. The Labute approximate surface area is 213 Å². The van der Waals surface area contributed by atoms with Gasteiger partial charge in [0.25, 0.3) is 0 Å². The van der Waals surface area contributed by atoms with Crippen LogP contribution < -0.4 is 20.2 Å². The lowest BCUT2D eigenvalue weighted by atomic mass is 10.1. The molecule has 0 aliphatic carbocycles. The van der Waals surface area contributed by atoms with Crippen LogP contribution in [0.4, 0.5) is 5.69 Å². The molecule has 0 bridgehead atoms. The Morgan fingerprint density at radius 3 is 2.43 bits per heavy atom. The number of hydrogen-bond donors (Lipinski definition) is 2. The minimum atomic E-state index is -0.511. The van der Waals surface area contributed by atoms with Crippen molar-refractivity contribution in [2.45, 2.75) is 33.8 Å². The predicted octanol–water partition coefficient (Wildman–Crippen LogP) is 5.52. The number of halogens is 1. The van der Waals surface area contributed by atoms with E-state index in [0.717, 1.165) is 21.2 Å².